The summed E-state index contributed by atoms with van der Waals surface area (Å²) in [7, 11) is 0.844. The quantitative estimate of drug-likeness (QED) is 0.256. The first-order valence-corrected chi connectivity index (χ1v) is 7.66. The SMILES string of the molecule is COC(=O)c1cc(Oc2ccc(C(F)(F)F)cc2Cl)c(C(F)(F)F)cc1[N+](=O)[O-]. The van der Waals surface area contributed by atoms with Crippen molar-refractivity contribution in [2.75, 3.05) is 7.11 Å². The van der Waals surface area contributed by atoms with E-state index in [4.69, 9.17) is 16.3 Å². The molecular weight excluding hydrogens is 436 g/mol. The standard InChI is InChI=1S/C16H8ClF6NO5/c1-28-14(25)8-5-13(9(16(21,22)23)6-11(8)24(26)27)29-12-3-2-7(4-10(12)17)15(18,19)20/h2-6H,1H3. The van der Waals surface area contributed by atoms with Gasteiger partial charge in [-0.25, -0.2) is 4.79 Å². The van der Waals surface area contributed by atoms with E-state index in [0.29, 0.717) is 24.3 Å². The van der Waals surface area contributed by atoms with E-state index in [9.17, 15) is 41.3 Å². The maximum Gasteiger partial charge on any atom is 0.420 e. The van der Waals surface area contributed by atoms with Crippen LogP contribution >= 0.6 is 11.6 Å². The molecule has 0 saturated carbocycles. The van der Waals surface area contributed by atoms with Gasteiger partial charge in [0.15, 0.2) is 0 Å². The number of hydrogen-bond acceptors (Lipinski definition) is 5. The van der Waals surface area contributed by atoms with Crippen molar-refractivity contribution in [1.82, 2.24) is 0 Å². The minimum Gasteiger partial charge on any atom is -0.465 e. The van der Waals surface area contributed by atoms with E-state index in [0.717, 1.165) is 7.11 Å². The van der Waals surface area contributed by atoms with E-state index in [1.54, 1.807) is 0 Å². The lowest BCUT2D eigenvalue weighted by molar-refractivity contribution is -0.385. The zero-order valence-electron chi connectivity index (χ0n) is 14.0. The highest BCUT2D eigenvalue weighted by Gasteiger charge is 2.39. The van der Waals surface area contributed by atoms with Gasteiger partial charge >= 0.3 is 18.3 Å². The second-order valence-electron chi connectivity index (χ2n) is 5.36. The molecule has 2 aromatic rings. The third-order valence-corrected chi connectivity index (χ3v) is 3.78. The predicted octanol–water partition coefficient (Wildman–Crippen LogP) is 5.86. The summed E-state index contributed by atoms with van der Waals surface area (Å²) in [6.07, 6.45) is -9.92. The van der Waals surface area contributed by atoms with Crippen molar-refractivity contribution >= 4 is 23.3 Å². The molecule has 0 aliphatic carbocycles. The number of carbonyl (C=O) groups is 1. The molecule has 0 aromatic heterocycles. The minimum absolute atomic E-state index is 0.0551. The fourth-order valence-corrected chi connectivity index (χ4v) is 2.40. The first kappa shape index (κ1) is 22.3. The topological polar surface area (TPSA) is 78.7 Å². The van der Waals surface area contributed by atoms with E-state index in [2.05, 4.69) is 4.74 Å². The molecule has 0 spiro atoms. The first-order valence-electron chi connectivity index (χ1n) is 7.28. The van der Waals surface area contributed by atoms with Crippen molar-refractivity contribution in [3.05, 3.63) is 62.2 Å². The summed E-state index contributed by atoms with van der Waals surface area (Å²) >= 11 is 5.66. The largest absolute Gasteiger partial charge is 0.465 e. The van der Waals surface area contributed by atoms with Crippen molar-refractivity contribution in [2.45, 2.75) is 12.4 Å². The van der Waals surface area contributed by atoms with Gasteiger partial charge in [0, 0.05) is 12.1 Å². The summed E-state index contributed by atoms with van der Waals surface area (Å²) in [5.74, 6) is -3.02. The fraction of sp³-hybridized carbons (Fsp3) is 0.188. The predicted molar refractivity (Wildman–Crippen MR) is 86.0 cm³/mol. The zero-order valence-corrected chi connectivity index (χ0v) is 14.8. The Labute approximate surface area is 162 Å². The summed E-state index contributed by atoms with van der Waals surface area (Å²) in [6.45, 7) is 0. The van der Waals surface area contributed by atoms with Crippen LogP contribution in [0.4, 0.5) is 32.0 Å². The number of halogens is 7. The van der Waals surface area contributed by atoms with Gasteiger partial charge in [0.2, 0.25) is 0 Å². The minimum atomic E-state index is -5.16. The van der Waals surface area contributed by atoms with Crippen molar-refractivity contribution < 1.29 is 45.5 Å². The Balaban J connectivity index is 2.65. The van der Waals surface area contributed by atoms with Crippen LogP contribution in [0.15, 0.2) is 30.3 Å². The van der Waals surface area contributed by atoms with Crippen LogP contribution in [0.5, 0.6) is 11.5 Å². The van der Waals surface area contributed by atoms with Crippen LogP contribution in [0, 0.1) is 10.1 Å². The number of alkyl halides is 6. The number of nitro benzene ring substituents is 1. The molecule has 0 heterocycles. The Kier molecular flexibility index (Phi) is 5.97. The van der Waals surface area contributed by atoms with E-state index < -0.39 is 62.1 Å². The molecule has 0 radical (unpaired) electrons. The molecule has 2 rings (SSSR count). The Bertz CT molecular complexity index is 973. The number of nitrogens with zero attached hydrogens (tertiary/aromatic N) is 1. The number of rotatable bonds is 4. The zero-order chi connectivity index (χ0) is 22.1. The van der Waals surface area contributed by atoms with Crippen LogP contribution in [0.2, 0.25) is 5.02 Å². The summed E-state index contributed by atoms with van der Waals surface area (Å²) in [5, 5.41) is 10.4. The van der Waals surface area contributed by atoms with E-state index in [-0.39, 0.29) is 6.07 Å². The molecule has 0 N–H and O–H groups in total. The molecule has 2 aromatic carbocycles. The number of methoxy groups -OCH3 is 1. The molecule has 0 fully saturated rings. The molecule has 156 valence electrons. The highest BCUT2D eigenvalue weighted by Crippen LogP contribution is 2.43. The lowest BCUT2D eigenvalue weighted by Gasteiger charge is -2.16. The Hall–Kier alpha value is -3.02. The monoisotopic (exact) mass is 443 g/mol. The lowest BCUT2D eigenvalue weighted by Crippen LogP contribution is -2.12. The molecule has 0 aliphatic heterocycles. The Morgan fingerprint density at radius 3 is 2.10 bits per heavy atom. The van der Waals surface area contributed by atoms with Gasteiger partial charge in [-0.05, 0) is 18.2 Å². The number of carbonyl (C=O) groups excluding carboxylic acids is 1. The van der Waals surface area contributed by atoms with Crippen LogP contribution < -0.4 is 4.74 Å². The van der Waals surface area contributed by atoms with Crippen LogP contribution in [-0.4, -0.2) is 18.0 Å². The molecule has 0 bridgehead atoms. The third kappa shape index (κ3) is 4.88. The normalized spacial score (nSPS) is 11.9. The molecule has 0 unspecified atom stereocenters. The van der Waals surface area contributed by atoms with Crippen LogP contribution in [-0.2, 0) is 17.1 Å². The van der Waals surface area contributed by atoms with Crippen molar-refractivity contribution in [3.8, 4) is 11.5 Å². The maximum atomic E-state index is 13.3. The Morgan fingerprint density at radius 1 is 1.03 bits per heavy atom. The van der Waals surface area contributed by atoms with Crippen molar-refractivity contribution in [2.24, 2.45) is 0 Å². The van der Waals surface area contributed by atoms with E-state index in [1.807, 2.05) is 0 Å². The maximum absolute atomic E-state index is 13.3. The summed E-state index contributed by atoms with van der Waals surface area (Å²) in [6, 6.07) is 2.07. The van der Waals surface area contributed by atoms with Gasteiger partial charge < -0.3 is 9.47 Å². The van der Waals surface area contributed by atoms with Gasteiger partial charge in [-0.15, -0.1) is 0 Å². The first-order chi connectivity index (χ1) is 13.3. The fourth-order valence-electron chi connectivity index (χ4n) is 2.18. The van der Waals surface area contributed by atoms with Gasteiger partial charge in [0.05, 0.1) is 22.6 Å². The summed E-state index contributed by atoms with van der Waals surface area (Å²) in [5.41, 5.74) is -4.88. The highest BCUT2D eigenvalue weighted by atomic mass is 35.5. The third-order valence-electron chi connectivity index (χ3n) is 3.48. The average Bonchev–Trinajstić information content (AvgIpc) is 2.60. The number of nitro groups is 1. The second kappa shape index (κ2) is 7.78. The molecule has 0 amide bonds. The van der Waals surface area contributed by atoms with Gasteiger partial charge in [-0.3, -0.25) is 10.1 Å². The molecule has 13 heteroatoms. The number of ether oxygens (including phenoxy) is 2. The molecular formula is C16H8ClF6NO5. The average molecular weight is 444 g/mol. The Morgan fingerprint density at radius 2 is 1.66 bits per heavy atom. The molecule has 0 aliphatic rings. The van der Waals surface area contributed by atoms with Crippen LogP contribution in [0.1, 0.15) is 21.5 Å². The summed E-state index contributed by atoms with van der Waals surface area (Å²) in [4.78, 5) is 21.5. The molecule has 29 heavy (non-hydrogen) atoms. The number of benzene rings is 2. The smallest absolute Gasteiger partial charge is 0.420 e. The molecule has 0 saturated heterocycles. The summed E-state index contributed by atoms with van der Waals surface area (Å²) < 4.78 is 87.3. The molecule has 0 atom stereocenters. The second-order valence-corrected chi connectivity index (χ2v) is 5.76. The lowest BCUT2D eigenvalue weighted by atomic mass is 10.1. The van der Waals surface area contributed by atoms with Crippen LogP contribution in [0.25, 0.3) is 0 Å². The van der Waals surface area contributed by atoms with Gasteiger partial charge in [-0.1, -0.05) is 11.6 Å². The van der Waals surface area contributed by atoms with E-state index >= 15 is 0 Å². The number of hydrogen-bond donors (Lipinski definition) is 0. The van der Waals surface area contributed by atoms with Gasteiger partial charge in [0.25, 0.3) is 5.69 Å². The van der Waals surface area contributed by atoms with Crippen molar-refractivity contribution in [3.63, 3.8) is 0 Å². The molecule has 6 nitrogen and oxygen atoms in total. The highest BCUT2D eigenvalue weighted by molar-refractivity contribution is 6.32. The number of esters is 1. The van der Waals surface area contributed by atoms with Gasteiger partial charge in [0.1, 0.15) is 22.6 Å². The van der Waals surface area contributed by atoms with E-state index in [1.165, 1.54) is 0 Å². The van der Waals surface area contributed by atoms with Crippen molar-refractivity contribution in [1.29, 1.82) is 0 Å². The van der Waals surface area contributed by atoms with Gasteiger partial charge in [-0.2, -0.15) is 26.3 Å². The van der Waals surface area contributed by atoms with Crippen LogP contribution in [0.3, 0.4) is 0 Å².